The van der Waals surface area contributed by atoms with Crippen LogP contribution >= 0.6 is 0 Å². The van der Waals surface area contributed by atoms with Crippen molar-refractivity contribution in [2.24, 2.45) is 0 Å². The van der Waals surface area contributed by atoms with Crippen LogP contribution in [0.25, 0.3) is 0 Å². The maximum atomic E-state index is 5.62. The van der Waals surface area contributed by atoms with E-state index in [0.29, 0.717) is 30.5 Å². The summed E-state index contributed by atoms with van der Waals surface area (Å²) >= 11 is 0. The molecule has 0 unspecified atom stereocenters. The van der Waals surface area contributed by atoms with E-state index in [1.807, 2.05) is 0 Å². The summed E-state index contributed by atoms with van der Waals surface area (Å²) < 4.78 is 5.62. The third kappa shape index (κ3) is 2.72. The van der Waals surface area contributed by atoms with Gasteiger partial charge in [-0.15, -0.1) is 5.10 Å². The molecule has 0 radical (unpaired) electrons. The largest absolute Gasteiger partial charge is 0.407 e. The summed E-state index contributed by atoms with van der Waals surface area (Å²) in [5.41, 5.74) is 0. The van der Waals surface area contributed by atoms with E-state index in [1.165, 1.54) is 12.8 Å². The number of nitrogens with zero attached hydrogens (tertiary/aromatic N) is 3. The second kappa shape index (κ2) is 4.82. The van der Waals surface area contributed by atoms with Gasteiger partial charge in [0.05, 0.1) is 6.54 Å². The maximum absolute atomic E-state index is 5.62. The lowest BCUT2D eigenvalue weighted by Gasteiger charge is -2.21. The zero-order valence-electron chi connectivity index (χ0n) is 10.2. The first-order valence-electron chi connectivity index (χ1n) is 6.03. The lowest BCUT2D eigenvalue weighted by atomic mass is 10.3. The van der Waals surface area contributed by atoms with E-state index >= 15 is 0 Å². The summed E-state index contributed by atoms with van der Waals surface area (Å²) in [6.07, 6.45) is 2.54. The van der Waals surface area contributed by atoms with Gasteiger partial charge in [-0.1, -0.05) is 5.10 Å². The highest BCUT2D eigenvalue weighted by molar-refractivity contribution is 5.24. The zero-order chi connectivity index (χ0) is 11.5. The first kappa shape index (κ1) is 11.4. The van der Waals surface area contributed by atoms with Crippen LogP contribution in [0, 0.1) is 0 Å². The fraction of sp³-hybridized carbons (Fsp3) is 0.818. The van der Waals surface area contributed by atoms with E-state index in [-0.39, 0.29) is 0 Å². The van der Waals surface area contributed by atoms with Gasteiger partial charge in [0.1, 0.15) is 0 Å². The average Bonchev–Trinajstić information content (AvgIpc) is 2.96. The number of aromatic nitrogens is 2. The molecule has 1 saturated carbocycles. The fourth-order valence-corrected chi connectivity index (χ4v) is 1.67. The Bertz CT molecular complexity index is 332. The standard InChI is InChI=1S/C11H20N4O/c1-4-15(8(2)3)11-14-13-10(16-11)7-12-9-5-6-9/h8-9,12H,4-7H2,1-3H3. The van der Waals surface area contributed by atoms with Gasteiger partial charge in [0.2, 0.25) is 5.89 Å². The van der Waals surface area contributed by atoms with Crippen LogP contribution in [0.15, 0.2) is 4.42 Å². The molecule has 1 fully saturated rings. The van der Waals surface area contributed by atoms with Crippen LogP contribution in [0.3, 0.4) is 0 Å². The van der Waals surface area contributed by atoms with Crippen molar-refractivity contribution in [2.45, 2.75) is 52.2 Å². The summed E-state index contributed by atoms with van der Waals surface area (Å²) in [7, 11) is 0. The Hall–Kier alpha value is -1.10. The molecule has 0 saturated heterocycles. The monoisotopic (exact) mass is 224 g/mol. The molecule has 0 spiro atoms. The topological polar surface area (TPSA) is 54.2 Å². The number of hydrogen-bond donors (Lipinski definition) is 1. The molecule has 0 aliphatic heterocycles. The second-order valence-electron chi connectivity index (χ2n) is 4.51. The smallest absolute Gasteiger partial charge is 0.318 e. The molecule has 1 N–H and O–H groups in total. The van der Waals surface area contributed by atoms with Crippen LogP contribution in [0.5, 0.6) is 0 Å². The van der Waals surface area contributed by atoms with Gasteiger partial charge in [-0.2, -0.15) is 0 Å². The summed E-state index contributed by atoms with van der Waals surface area (Å²) in [6, 6.07) is 1.68. The normalized spacial score (nSPS) is 15.8. The highest BCUT2D eigenvalue weighted by Gasteiger charge is 2.22. The SMILES string of the molecule is CCN(c1nnc(CNC2CC2)o1)C(C)C. The van der Waals surface area contributed by atoms with E-state index in [1.54, 1.807) is 0 Å². The van der Waals surface area contributed by atoms with Crippen molar-refractivity contribution in [3.05, 3.63) is 5.89 Å². The van der Waals surface area contributed by atoms with Crippen molar-refractivity contribution in [1.82, 2.24) is 15.5 Å². The minimum atomic E-state index is 0.384. The Kier molecular flexibility index (Phi) is 3.43. The molecular weight excluding hydrogens is 204 g/mol. The van der Waals surface area contributed by atoms with E-state index in [9.17, 15) is 0 Å². The molecule has 90 valence electrons. The summed E-state index contributed by atoms with van der Waals surface area (Å²) in [4.78, 5) is 2.09. The van der Waals surface area contributed by atoms with Crippen molar-refractivity contribution in [3.8, 4) is 0 Å². The Morgan fingerprint density at radius 1 is 1.44 bits per heavy atom. The number of hydrogen-bond acceptors (Lipinski definition) is 5. The van der Waals surface area contributed by atoms with Crippen molar-refractivity contribution in [1.29, 1.82) is 0 Å². The molecule has 16 heavy (non-hydrogen) atoms. The minimum absolute atomic E-state index is 0.384. The van der Waals surface area contributed by atoms with Crippen molar-refractivity contribution in [2.75, 3.05) is 11.4 Å². The van der Waals surface area contributed by atoms with Crippen LogP contribution in [-0.4, -0.2) is 28.8 Å². The Balaban J connectivity index is 1.93. The predicted molar refractivity (Wildman–Crippen MR) is 62.3 cm³/mol. The molecule has 0 atom stereocenters. The highest BCUT2D eigenvalue weighted by Crippen LogP contribution is 2.20. The molecule has 1 aromatic rings. The summed E-state index contributed by atoms with van der Waals surface area (Å²) in [5.74, 6) is 0.681. The van der Waals surface area contributed by atoms with Crippen LogP contribution in [0.4, 0.5) is 6.01 Å². The van der Waals surface area contributed by atoms with Gasteiger partial charge in [-0.25, -0.2) is 0 Å². The van der Waals surface area contributed by atoms with E-state index in [2.05, 4.69) is 41.2 Å². The van der Waals surface area contributed by atoms with Crippen LogP contribution in [0.1, 0.15) is 39.5 Å². The van der Waals surface area contributed by atoms with Gasteiger partial charge in [0.25, 0.3) is 0 Å². The van der Waals surface area contributed by atoms with E-state index in [0.717, 1.165) is 6.54 Å². The van der Waals surface area contributed by atoms with Crippen LogP contribution < -0.4 is 10.2 Å². The lowest BCUT2D eigenvalue weighted by Crippen LogP contribution is -2.30. The molecule has 2 rings (SSSR count). The molecule has 1 aromatic heterocycles. The summed E-state index contributed by atoms with van der Waals surface area (Å²) in [5, 5.41) is 11.5. The Morgan fingerprint density at radius 2 is 2.19 bits per heavy atom. The number of nitrogens with one attached hydrogen (secondary N) is 1. The van der Waals surface area contributed by atoms with E-state index in [4.69, 9.17) is 4.42 Å². The number of rotatable bonds is 6. The Labute approximate surface area is 96.2 Å². The van der Waals surface area contributed by atoms with Gasteiger partial charge in [-0.05, 0) is 33.6 Å². The van der Waals surface area contributed by atoms with Crippen LogP contribution in [0.2, 0.25) is 0 Å². The van der Waals surface area contributed by atoms with Gasteiger partial charge >= 0.3 is 6.01 Å². The van der Waals surface area contributed by atoms with Gasteiger partial charge in [0, 0.05) is 18.6 Å². The molecule has 1 aliphatic rings. The highest BCUT2D eigenvalue weighted by atomic mass is 16.4. The quantitative estimate of drug-likeness (QED) is 0.794. The molecule has 1 heterocycles. The first-order valence-corrected chi connectivity index (χ1v) is 6.03. The second-order valence-corrected chi connectivity index (χ2v) is 4.51. The van der Waals surface area contributed by atoms with E-state index < -0.39 is 0 Å². The third-order valence-electron chi connectivity index (χ3n) is 2.79. The molecule has 5 heteroatoms. The van der Waals surface area contributed by atoms with Crippen molar-refractivity contribution in [3.63, 3.8) is 0 Å². The molecular formula is C11H20N4O. The van der Waals surface area contributed by atoms with Crippen LogP contribution in [-0.2, 0) is 6.54 Å². The Morgan fingerprint density at radius 3 is 2.75 bits per heavy atom. The minimum Gasteiger partial charge on any atom is -0.407 e. The molecule has 0 amide bonds. The maximum Gasteiger partial charge on any atom is 0.318 e. The van der Waals surface area contributed by atoms with Crippen molar-refractivity contribution >= 4 is 6.01 Å². The fourth-order valence-electron chi connectivity index (χ4n) is 1.67. The van der Waals surface area contributed by atoms with Gasteiger partial charge < -0.3 is 14.6 Å². The van der Waals surface area contributed by atoms with Gasteiger partial charge in [0.15, 0.2) is 0 Å². The molecule has 1 aliphatic carbocycles. The lowest BCUT2D eigenvalue weighted by molar-refractivity contribution is 0.453. The zero-order valence-corrected chi connectivity index (χ0v) is 10.2. The van der Waals surface area contributed by atoms with Gasteiger partial charge in [-0.3, -0.25) is 0 Å². The number of anilines is 1. The molecule has 5 nitrogen and oxygen atoms in total. The predicted octanol–water partition coefficient (Wildman–Crippen LogP) is 1.56. The first-order chi connectivity index (χ1) is 7.70. The molecule has 0 bridgehead atoms. The molecule has 0 aromatic carbocycles. The summed E-state index contributed by atoms with van der Waals surface area (Å²) in [6.45, 7) is 7.90. The third-order valence-corrected chi connectivity index (χ3v) is 2.79. The van der Waals surface area contributed by atoms with Crippen molar-refractivity contribution < 1.29 is 4.42 Å². The average molecular weight is 224 g/mol.